The standard InChI is InChI=1S/C10H9FINO2/c11-6-1-2-9(8(12)3-6)13-5-7(14)4-10(13)15/h1-3,7,14H,4-5H2. The quantitative estimate of drug-likeness (QED) is 0.797. The highest BCUT2D eigenvalue weighted by Gasteiger charge is 2.30. The third kappa shape index (κ3) is 2.12. The molecule has 0 aromatic heterocycles. The summed E-state index contributed by atoms with van der Waals surface area (Å²) in [5.74, 6) is -0.442. The molecular weight excluding hydrogens is 312 g/mol. The number of aliphatic hydroxyl groups is 1. The molecule has 1 aliphatic rings. The van der Waals surface area contributed by atoms with Crippen LogP contribution in [-0.4, -0.2) is 23.7 Å². The molecule has 0 radical (unpaired) electrons. The summed E-state index contributed by atoms with van der Waals surface area (Å²) in [5, 5.41) is 9.34. The minimum absolute atomic E-state index is 0.118. The smallest absolute Gasteiger partial charge is 0.229 e. The lowest BCUT2D eigenvalue weighted by Gasteiger charge is -2.17. The Bertz CT molecular complexity index is 410. The molecule has 1 heterocycles. The van der Waals surface area contributed by atoms with Crippen LogP contribution in [0.5, 0.6) is 0 Å². The van der Waals surface area contributed by atoms with Crippen LogP contribution in [0.25, 0.3) is 0 Å². The van der Waals surface area contributed by atoms with Gasteiger partial charge in [-0.2, -0.15) is 0 Å². The van der Waals surface area contributed by atoms with Gasteiger partial charge in [-0.15, -0.1) is 0 Å². The predicted octanol–water partition coefficient (Wildman–Crippen LogP) is 1.53. The number of carbonyl (C=O) groups is 1. The molecule has 0 spiro atoms. The van der Waals surface area contributed by atoms with Gasteiger partial charge in [-0.1, -0.05) is 0 Å². The molecule has 1 amide bonds. The summed E-state index contributed by atoms with van der Waals surface area (Å²) >= 11 is 1.98. The van der Waals surface area contributed by atoms with E-state index in [0.717, 1.165) is 0 Å². The van der Waals surface area contributed by atoms with Gasteiger partial charge >= 0.3 is 0 Å². The van der Waals surface area contributed by atoms with Gasteiger partial charge in [-0.3, -0.25) is 4.79 Å². The Morgan fingerprint density at radius 1 is 1.53 bits per heavy atom. The first-order valence-electron chi connectivity index (χ1n) is 4.51. The molecule has 0 saturated carbocycles. The molecule has 1 aromatic carbocycles. The van der Waals surface area contributed by atoms with Crippen molar-refractivity contribution in [3.05, 3.63) is 27.6 Å². The molecule has 0 bridgehead atoms. The molecule has 1 aliphatic heterocycles. The lowest BCUT2D eigenvalue weighted by molar-refractivity contribution is -0.117. The number of carbonyl (C=O) groups excluding carboxylic acids is 1. The Kier molecular flexibility index (Phi) is 2.92. The molecule has 0 aliphatic carbocycles. The van der Waals surface area contributed by atoms with Crippen LogP contribution in [0.1, 0.15) is 6.42 Å². The second-order valence-electron chi connectivity index (χ2n) is 3.46. The van der Waals surface area contributed by atoms with Gasteiger partial charge in [-0.05, 0) is 40.8 Å². The van der Waals surface area contributed by atoms with Crippen LogP contribution in [0, 0.1) is 9.39 Å². The fraction of sp³-hybridized carbons (Fsp3) is 0.300. The Hall–Kier alpha value is -0.690. The van der Waals surface area contributed by atoms with Crippen molar-refractivity contribution in [2.24, 2.45) is 0 Å². The zero-order chi connectivity index (χ0) is 11.0. The minimum atomic E-state index is -0.613. The fourth-order valence-electron chi connectivity index (χ4n) is 1.62. The van der Waals surface area contributed by atoms with E-state index in [1.54, 1.807) is 6.07 Å². The zero-order valence-electron chi connectivity index (χ0n) is 7.78. The number of nitrogens with zero attached hydrogens (tertiary/aromatic N) is 1. The molecule has 15 heavy (non-hydrogen) atoms. The van der Waals surface area contributed by atoms with Gasteiger partial charge in [0, 0.05) is 3.57 Å². The molecule has 1 atom stereocenters. The maximum atomic E-state index is 12.9. The average Bonchev–Trinajstić information content (AvgIpc) is 2.45. The van der Waals surface area contributed by atoms with Crippen molar-refractivity contribution in [2.45, 2.75) is 12.5 Å². The van der Waals surface area contributed by atoms with Crippen LogP contribution in [0.15, 0.2) is 18.2 Å². The zero-order valence-corrected chi connectivity index (χ0v) is 9.94. The summed E-state index contributed by atoms with van der Waals surface area (Å²) in [6.07, 6.45) is -0.466. The van der Waals surface area contributed by atoms with Crippen LogP contribution >= 0.6 is 22.6 Å². The highest BCUT2D eigenvalue weighted by molar-refractivity contribution is 14.1. The third-order valence-corrected chi connectivity index (χ3v) is 3.17. The van der Waals surface area contributed by atoms with E-state index in [2.05, 4.69) is 0 Å². The van der Waals surface area contributed by atoms with Gasteiger partial charge in [0.25, 0.3) is 0 Å². The maximum absolute atomic E-state index is 12.9. The molecule has 1 saturated heterocycles. The van der Waals surface area contributed by atoms with Crippen LogP contribution in [0.4, 0.5) is 10.1 Å². The normalized spacial score (nSPS) is 21.1. The summed E-state index contributed by atoms with van der Waals surface area (Å²) in [5.41, 5.74) is 0.665. The number of β-amino-alcohol motifs (C(OH)–C–C–N with tert-alkyl or cyclic N) is 1. The maximum Gasteiger partial charge on any atom is 0.229 e. The highest BCUT2D eigenvalue weighted by Crippen LogP contribution is 2.27. The van der Waals surface area contributed by atoms with Gasteiger partial charge in [-0.25, -0.2) is 4.39 Å². The summed E-state index contributed by atoms with van der Waals surface area (Å²) in [6, 6.07) is 4.25. The number of hydrogen-bond acceptors (Lipinski definition) is 2. The fourth-order valence-corrected chi connectivity index (χ4v) is 2.39. The molecule has 2 rings (SSSR count). The highest BCUT2D eigenvalue weighted by atomic mass is 127. The molecule has 3 nitrogen and oxygen atoms in total. The van der Waals surface area contributed by atoms with E-state index in [1.807, 2.05) is 22.6 Å². The Balaban J connectivity index is 2.34. The molecule has 1 fully saturated rings. The SMILES string of the molecule is O=C1CC(O)CN1c1ccc(F)cc1I. The number of amides is 1. The lowest BCUT2D eigenvalue weighted by Crippen LogP contribution is -2.26. The van der Waals surface area contributed by atoms with E-state index in [0.29, 0.717) is 15.8 Å². The van der Waals surface area contributed by atoms with Gasteiger partial charge < -0.3 is 10.0 Å². The van der Waals surface area contributed by atoms with E-state index >= 15 is 0 Å². The largest absolute Gasteiger partial charge is 0.391 e. The van der Waals surface area contributed by atoms with Gasteiger partial charge in [0.05, 0.1) is 24.8 Å². The Morgan fingerprint density at radius 2 is 2.27 bits per heavy atom. The molecule has 1 unspecified atom stereocenters. The summed E-state index contributed by atoms with van der Waals surface area (Å²) in [7, 11) is 0. The number of rotatable bonds is 1. The van der Waals surface area contributed by atoms with Crippen LogP contribution in [-0.2, 0) is 4.79 Å². The summed E-state index contributed by atoms with van der Waals surface area (Å²) < 4.78 is 13.5. The minimum Gasteiger partial charge on any atom is -0.391 e. The second kappa shape index (κ2) is 4.05. The molecule has 5 heteroatoms. The van der Waals surface area contributed by atoms with Crippen molar-refractivity contribution in [1.29, 1.82) is 0 Å². The molecule has 1 N–H and O–H groups in total. The molecular formula is C10H9FINO2. The van der Waals surface area contributed by atoms with Crippen LogP contribution in [0.2, 0.25) is 0 Å². The van der Waals surface area contributed by atoms with Crippen molar-refractivity contribution in [2.75, 3.05) is 11.4 Å². The number of halogens is 2. The molecule has 80 valence electrons. The van der Waals surface area contributed by atoms with E-state index < -0.39 is 6.10 Å². The van der Waals surface area contributed by atoms with E-state index in [4.69, 9.17) is 0 Å². The van der Waals surface area contributed by atoms with Crippen LogP contribution < -0.4 is 4.90 Å². The second-order valence-corrected chi connectivity index (χ2v) is 4.62. The number of benzene rings is 1. The average molecular weight is 321 g/mol. The van der Waals surface area contributed by atoms with Crippen molar-refractivity contribution in [1.82, 2.24) is 0 Å². The number of aliphatic hydroxyl groups excluding tert-OH is 1. The van der Waals surface area contributed by atoms with E-state index in [9.17, 15) is 14.3 Å². The van der Waals surface area contributed by atoms with Crippen molar-refractivity contribution >= 4 is 34.2 Å². The Morgan fingerprint density at radius 3 is 2.80 bits per heavy atom. The Labute approximate surface area is 100 Å². The van der Waals surface area contributed by atoms with Gasteiger partial charge in [0.1, 0.15) is 5.82 Å². The predicted molar refractivity (Wildman–Crippen MR) is 62.1 cm³/mol. The third-order valence-electron chi connectivity index (χ3n) is 2.31. The van der Waals surface area contributed by atoms with Gasteiger partial charge in [0.2, 0.25) is 5.91 Å². The van der Waals surface area contributed by atoms with Crippen molar-refractivity contribution in [3.63, 3.8) is 0 Å². The van der Waals surface area contributed by atoms with Crippen molar-refractivity contribution < 1.29 is 14.3 Å². The summed E-state index contributed by atoms with van der Waals surface area (Å²) in [4.78, 5) is 13.0. The first-order chi connectivity index (χ1) is 7.08. The van der Waals surface area contributed by atoms with Gasteiger partial charge in [0.15, 0.2) is 0 Å². The monoisotopic (exact) mass is 321 g/mol. The first-order valence-corrected chi connectivity index (χ1v) is 5.59. The van der Waals surface area contributed by atoms with Crippen molar-refractivity contribution in [3.8, 4) is 0 Å². The number of hydrogen-bond donors (Lipinski definition) is 1. The summed E-state index contributed by atoms with van der Waals surface area (Å²) in [6.45, 7) is 0.292. The lowest BCUT2D eigenvalue weighted by atomic mass is 10.3. The molecule has 1 aromatic rings. The van der Waals surface area contributed by atoms with Crippen LogP contribution in [0.3, 0.4) is 0 Å². The van der Waals surface area contributed by atoms with E-state index in [1.165, 1.54) is 17.0 Å². The van der Waals surface area contributed by atoms with E-state index in [-0.39, 0.29) is 18.1 Å². The number of anilines is 1. The first kappa shape index (κ1) is 10.8. The topological polar surface area (TPSA) is 40.5 Å².